The lowest BCUT2D eigenvalue weighted by atomic mass is 10.2. The van der Waals surface area contributed by atoms with Crippen molar-refractivity contribution in [1.82, 2.24) is 19.7 Å². The van der Waals surface area contributed by atoms with E-state index in [-0.39, 0.29) is 5.91 Å². The summed E-state index contributed by atoms with van der Waals surface area (Å²) in [6, 6.07) is 19.0. The van der Waals surface area contributed by atoms with Crippen molar-refractivity contribution < 1.29 is 4.79 Å². The lowest BCUT2D eigenvalue weighted by molar-refractivity contribution is 0.102. The quantitative estimate of drug-likeness (QED) is 0.585. The standard InChI is InChI=1S/C22H19N5O/c1-15-12-16(2)27(26-15)20-10-8-18(9-11-20)22(28)25-19-13-23-21(24-14-19)17-6-4-3-5-7-17/h3-14H,1-2H3,(H,25,28). The third-order valence-corrected chi connectivity index (χ3v) is 4.33. The van der Waals surface area contributed by atoms with Crippen LogP contribution in [0.4, 0.5) is 5.69 Å². The number of anilines is 1. The van der Waals surface area contributed by atoms with Crippen LogP contribution in [0.25, 0.3) is 17.1 Å². The zero-order valence-electron chi connectivity index (χ0n) is 15.6. The first-order chi connectivity index (χ1) is 13.6. The molecular formula is C22H19N5O. The van der Waals surface area contributed by atoms with Gasteiger partial charge in [0.15, 0.2) is 5.82 Å². The van der Waals surface area contributed by atoms with E-state index in [0.717, 1.165) is 22.6 Å². The summed E-state index contributed by atoms with van der Waals surface area (Å²) in [5.41, 5.74) is 4.95. The van der Waals surface area contributed by atoms with Crippen molar-refractivity contribution in [2.45, 2.75) is 13.8 Å². The average Bonchev–Trinajstić information content (AvgIpc) is 3.07. The Bertz CT molecular complexity index is 1100. The normalized spacial score (nSPS) is 10.6. The molecule has 0 fully saturated rings. The van der Waals surface area contributed by atoms with Crippen LogP contribution >= 0.6 is 0 Å². The highest BCUT2D eigenvalue weighted by atomic mass is 16.1. The summed E-state index contributed by atoms with van der Waals surface area (Å²) < 4.78 is 1.85. The number of carbonyl (C=O) groups excluding carboxylic acids is 1. The van der Waals surface area contributed by atoms with Crippen LogP contribution in [-0.4, -0.2) is 25.7 Å². The number of benzene rings is 2. The maximum Gasteiger partial charge on any atom is 0.255 e. The van der Waals surface area contributed by atoms with Gasteiger partial charge in [0.1, 0.15) is 0 Å². The van der Waals surface area contributed by atoms with Crippen LogP contribution < -0.4 is 5.32 Å². The number of aryl methyl sites for hydroxylation is 2. The zero-order valence-corrected chi connectivity index (χ0v) is 15.6. The van der Waals surface area contributed by atoms with E-state index in [1.54, 1.807) is 24.5 Å². The molecule has 0 aliphatic heterocycles. The summed E-state index contributed by atoms with van der Waals surface area (Å²) >= 11 is 0. The van der Waals surface area contributed by atoms with Crippen molar-refractivity contribution in [3.8, 4) is 17.1 Å². The highest BCUT2D eigenvalue weighted by Gasteiger charge is 2.09. The van der Waals surface area contributed by atoms with Crippen molar-refractivity contribution in [3.63, 3.8) is 0 Å². The van der Waals surface area contributed by atoms with E-state index < -0.39 is 0 Å². The molecule has 2 aromatic heterocycles. The first-order valence-electron chi connectivity index (χ1n) is 8.93. The first-order valence-corrected chi connectivity index (χ1v) is 8.93. The largest absolute Gasteiger partial charge is 0.319 e. The Hall–Kier alpha value is -3.80. The van der Waals surface area contributed by atoms with Gasteiger partial charge in [-0.3, -0.25) is 4.79 Å². The fourth-order valence-corrected chi connectivity index (χ4v) is 2.98. The number of hydrogen-bond donors (Lipinski definition) is 1. The summed E-state index contributed by atoms with van der Waals surface area (Å²) in [7, 11) is 0. The summed E-state index contributed by atoms with van der Waals surface area (Å²) in [5.74, 6) is 0.406. The van der Waals surface area contributed by atoms with Gasteiger partial charge in [-0.05, 0) is 44.2 Å². The van der Waals surface area contributed by atoms with Crippen LogP contribution in [0.1, 0.15) is 21.7 Å². The van der Waals surface area contributed by atoms with E-state index in [2.05, 4.69) is 20.4 Å². The molecule has 6 nitrogen and oxygen atoms in total. The van der Waals surface area contributed by atoms with Gasteiger partial charge in [0.05, 0.1) is 29.5 Å². The van der Waals surface area contributed by atoms with Gasteiger partial charge in [0.25, 0.3) is 5.91 Å². The Labute approximate surface area is 162 Å². The van der Waals surface area contributed by atoms with E-state index in [4.69, 9.17) is 0 Å². The minimum Gasteiger partial charge on any atom is -0.319 e. The predicted octanol–water partition coefficient (Wildman–Crippen LogP) is 4.20. The fourth-order valence-electron chi connectivity index (χ4n) is 2.98. The molecule has 138 valence electrons. The molecule has 0 bridgehead atoms. The molecule has 0 atom stereocenters. The smallest absolute Gasteiger partial charge is 0.255 e. The van der Waals surface area contributed by atoms with Crippen LogP contribution in [-0.2, 0) is 0 Å². The highest BCUT2D eigenvalue weighted by Crippen LogP contribution is 2.16. The number of hydrogen-bond acceptors (Lipinski definition) is 4. The Morgan fingerprint density at radius 3 is 2.21 bits per heavy atom. The molecule has 4 rings (SSSR count). The summed E-state index contributed by atoms with van der Waals surface area (Å²) in [6.07, 6.45) is 3.22. The lowest BCUT2D eigenvalue weighted by Crippen LogP contribution is -2.12. The molecule has 1 N–H and O–H groups in total. The Kier molecular flexibility index (Phi) is 4.68. The summed E-state index contributed by atoms with van der Waals surface area (Å²) in [4.78, 5) is 21.1. The zero-order chi connectivity index (χ0) is 19.5. The molecule has 2 aromatic carbocycles. The van der Waals surface area contributed by atoms with Crippen molar-refractivity contribution in [3.05, 3.63) is 90.0 Å². The number of carbonyl (C=O) groups is 1. The molecule has 4 aromatic rings. The number of aromatic nitrogens is 4. The van der Waals surface area contributed by atoms with Gasteiger partial charge in [0, 0.05) is 16.8 Å². The Balaban J connectivity index is 1.47. The second-order valence-electron chi connectivity index (χ2n) is 6.50. The molecule has 0 saturated carbocycles. The number of nitrogens with one attached hydrogen (secondary N) is 1. The Morgan fingerprint density at radius 2 is 1.61 bits per heavy atom. The van der Waals surface area contributed by atoms with Crippen molar-refractivity contribution in [1.29, 1.82) is 0 Å². The Morgan fingerprint density at radius 1 is 0.929 bits per heavy atom. The minimum atomic E-state index is -0.212. The van der Waals surface area contributed by atoms with Gasteiger partial charge < -0.3 is 5.32 Å². The molecule has 0 aliphatic rings. The molecule has 0 radical (unpaired) electrons. The van der Waals surface area contributed by atoms with Gasteiger partial charge in [-0.15, -0.1) is 0 Å². The third kappa shape index (κ3) is 3.66. The molecule has 0 spiro atoms. The van der Waals surface area contributed by atoms with Crippen LogP contribution in [0, 0.1) is 13.8 Å². The number of amides is 1. The van der Waals surface area contributed by atoms with Crippen LogP contribution in [0.3, 0.4) is 0 Å². The van der Waals surface area contributed by atoms with Crippen molar-refractivity contribution in [2.24, 2.45) is 0 Å². The maximum absolute atomic E-state index is 12.5. The molecule has 6 heteroatoms. The van der Waals surface area contributed by atoms with Crippen LogP contribution in [0.5, 0.6) is 0 Å². The second kappa shape index (κ2) is 7.44. The van der Waals surface area contributed by atoms with Gasteiger partial charge >= 0.3 is 0 Å². The first kappa shape index (κ1) is 17.6. The SMILES string of the molecule is Cc1cc(C)n(-c2ccc(C(=O)Nc3cnc(-c4ccccc4)nc3)cc2)n1. The monoisotopic (exact) mass is 369 g/mol. The van der Waals surface area contributed by atoms with E-state index in [1.807, 2.05) is 67.1 Å². The van der Waals surface area contributed by atoms with Gasteiger partial charge in [-0.2, -0.15) is 5.10 Å². The summed E-state index contributed by atoms with van der Waals surface area (Å²) in [5, 5.41) is 7.28. The molecule has 0 saturated heterocycles. The molecule has 0 unspecified atom stereocenters. The minimum absolute atomic E-state index is 0.212. The van der Waals surface area contributed by atoms with Crippen LogP contribution in [0.15, 0.2) is 73.1 Å². The average molecular weight is 369 g/mol. The van der Waals surface area contributed by atoms with Crippen LogP contribution in [0.2, 0.25) is 0 Å². The fraction of sp³-hybridized carbons (Fsp3) is 0.0909. The molecule has 28 heavy (non-hydrogen) atoms. The molecule has 0 aliphatic carbocycles. The van der Waals surface area contributed by atoms with E-state index in [1.165, 1.54) is 0 Å². The van der Waals surface area contributed by atoms with E-state index in [9.17, 15) is 4.79 Å². The predicted molar refractivity (Wildman–Crippen MR) is 108 cm³/mol. The molecule has 1 amide bonds. The highest BCUT2D eigenvalue weighted by molar-refractivity contribution is 6.04. The molecular weight excluding hydrogens is 350 g/mol. The van der Waals surface area contributed by atoms with Gasteiger partial charge in [-0.25, -0.2) is 14.6 Å². The van der Waals surface area contributed by atoms with Crippen molar-refractivity contribution in [2.75, 3.05) is 5.32 Å². The third-order valence-electron chi connectivity index (χ3n) is 4.33. The summed E-state index contributed by atoms with van der Waals surface area (Å²) in [6.45, 7) is 3.95. The number of rotatable bonds is 4. The van der Waals surface area contributed by atoms with E-state index >= 15 is 0 Å². The van der Waals surface area contributed by atoms with E-state index in [0.29, 0.717) is 17.1 Å². The number of nitrogens with zero attached hydrogens (tertiary/aromatic N) is 4. The lowest BCUT2D eigenvalue weighted by Gasteiger charge is -2.08. The second-order valence-corrected chi connectivity index (χ2v) is 6.50. The maximum atomic E-state index is 12.5. The molecule has 2 heterocycles. The topological polar surface area (TPSA) is 72.7 Å². The van der Waals surface area contributed by atoms with Gasteiger partial charge in [-0.1, -0.05) is 30.3 Å². The van der Waals surface area contributed by atoms with Crippen molar-refractivity contribution >= 4 is 11.6 Å². The van der Waals surface area contributed by atoms with Gasteiger partial charge in [0.2, 0.25) is 0 Å².